The molecule has 4 rings (SSSR count). The number of piperidine rings is 1. The summed E-state index contributed by atoms with van der Waals surface area (Å²) in [6.45, 7) is 24.5. The van der Waals surface area contributed by atoms with Crippen LogP contribution in [0.2, 0.25) is 18.1 Å². The standard InChI is InChI=1S/C58H95NO13Si/c1-36-22-18-17-19-23-37(2)48(66-11)34-44-27-25-42(7)58(65,71-44)54(62)55(63)59-29-21-20-24-45(59)56(64)70-49(35-46(60)38(3)31-41(6)52(68-13)53(69-14)51(61)40(5)30-36)39(4)32-43-26-28-47(50(33-43)67-12)72-73(15,16)57(8,9)10/h17-19,22-23,31,36,38-40,42-45,47-50,52-53,65H,20-21,24-30,32-35H2,1-16H3/b19-17+,22-18+,37-23+,41-31+/t36-,38-,39-,40-,42-,43+,44+,45+,47?,48+,49+,50-,52-,53+,58-/m1/s1. The molecule has 4 aliphatic rings. The lowest BCUT2D eigenvalue weighted by molar-refractivity contribution is -0.265. The van der Waals surface area contributed by atoms with Gasteiger partial charge in [0, 0.05) is 65.6 Å². The molecule has 0 aromatic heterocycles. The maximum absolute atomic E-state index is 14.7. The summed E-state index contributed by atoms with van der Waals surface area (Å²) >= 11 is 0. The third-order valence-electron chi connectivity index (χ3n) is 16.9. The summed E-state index contributed by atoms with van der Waals surface area (Å²) in [5, 5.41) is 12.1. The molecule has 73 heavy (non-hydrogen) atoms. The first kappa shape index (κ1) is 62.4. The number of allylic oxidation sites excluding steroid dienone is 6. The average Bonchev–Trinajstić information content (AvgIpc) is 3.34. The maximum Gasteiger partial charge on any atom is 0.329 e. The molecule has 14 nitrogen and oxygen atoms in total. The van der Waals surface area contributed by atoms with Gasteiger partial charge >= 0.3 is 5.97 Å². The molecule has 3 fully saturated rings. The second-order valence-electron chi connectivity index (χ2n) is 23.7. The molecule has 1 amide bonds. The van der Waals surface area contributed by atoms with Gasteiger partial charge in [-0.3, -0.25) is 19.2 Å². The van der Waals surface area contributed by atoms with E-state index in [0.29, 0.717) is 50.5 Å². The van der Waals surface area contributed by atoms with E-state index < -0.39 is 80.2 Å². The summed E-state index contributed by atoms with van der Waals surface area (Å²) in [7, 11) is 4.26. The van der Waals surface area contributed by atoms with Gasteiger partial charge in [-0.05, 0) is 125 Å². The molecule has 0 spiro atoms. The second-order valence-corrected chi connectivity index (χ2v) is 28.4. The van der Waals surface area contributed by atoms with Crippen LogP contribution in [0.1, 0.15) is 146 Å². The molecule has 0 radical (unpaired) electrons. The van der Waals surface area contributed by atoms with Gasteiger partial charge in [0.2, 0.25) is 5.79 Å². The Labute approximate surface area is 439 Å². The van der Waals surface area contributed by atoms with Gasteiger partial charge in [0.15, 0.2) is 14.1 Å². The number of ketones is 3. The number of fused-ring (bicyclic) bond motifs is 3. The number of esters is 1. The first-order chi connectivity index (χ1) is 34.2. The minimum Gasteiger partial charge on any atom is -0.460 e. The number of methoxy groups -OCH3 is 4. The summed E-state index contributed by atoms with van der Waals surface area (Å²) in [5.41, 5.74) is 1.56. The van der Waals surface area contributed by atoms with Crippen LogP contribution < -0.4 is 0 Å². The molecule has 0 aromatic rings. The number of ether oxygens (including phenoxy) is 6. The highest BCUT2D eigenvalue weighted by Gasteiger charge is 2.53. The predicted molar refractivity (Wildman–Crippen MR) is 286 cm³/mol. The van der Waals surface area contributed by atoms with Crippen molar-refractivity contribution < 1.29 is 61.9 Å². The molecule has 2 bridgehead atoms. The van der Waals surface area contributed by atoms with Crippen molar-refractivity contribution in [2.75, 3.05) is 35.0 Å². The number of hydrogen-bond acceptors (Lipinski definition) is 13. The van der Waals surface area contributed by atoms with Gasteiger partial charge < -0.3 is 42.9 Å². The third-order valence-corrected chi connectivity index (χ3v) is 21.4. The van der Waals surface area contributed by atoms with Crippen LogP contribution in [0.5, 0.6) is 0 Å². The van der Waals surface area contributed by atoms with E-state index in [-0.39, 0.29) is 71.9 Å². The van der Waals surface area contributed by atoms with Gasteiger partial charge in [0.25, 0.3) is 11.7 Å². The molecule has 15 atom stereocenters. The van der Waals surface area contributed by atoms with E-state index in [4.69, 9.17) is 32.8 Å². The zero-order chi connectivity index (χ0) is 54.6. The highest BCUT2D eigenvalue weighted by Crippen LogP contribution is 2.42. The topological polar surface area (TPSA) is 173 Å². The number of amides is 1. The SMILES string of the molecule is CO[C@H]1C[C@@H]2CC[C@@H](C)[C@@](O)(O2)C(=O)C(=O)N2CCCC[C@H]2C(=O)O[C@H]([C@H](C)C[C@@H]2CCC(O[Si](C)(C)C(C)(C)C)[C@H](OC)C2)CC(=O)[C@H](C)/C=C(\C)[C@@H](OC)[C@@H](OC)C(=O)[C@H](C)C[C@H](C)/C=C/C=C/C=C/1C. The highest BCUT2D eigenvalue weighted by atomic mass is 28.4. The van der Waals surface area contributed by atoms with Gasteiger partial charge in [-0.25, -0.2) is 4.79 Å². The number of nitrogens with zero attached hydrogens (tertiary/aromatic N) is 1. The Hall–Kier alpha value is -3.15. The zero-order valence-corrected chi connectivity index (χ0v) is 48.5. The van der Waals surface area contributed by atoms with Crippen LogP contribution in [0.4, 0.5) is 0 Å². The fourth-order valence-corrected chi connectivity index (χ4v) is 12.5. The van der Waals surface area contributed by atoms with Gasteiger partial charge in [0.1, 0.15) is 30.1 Å². The molecule has 1 unspecified atom stereocenters. The number of rotatable bonds is 9. The second kappa shape index (κ2) is 27.8. The summed E-state index contributed by atoms with van der Waals surface area (Å²) in [6, 6.07) is -1.12. The summed E-state index contributed by atoms with van der Waals surface area (Å²) in [4.78, 5) is 73.2. The van der Waals surface area contributed by atoms with Crippen LogP contribution in [-0.4, -0.2) is 137 Å². The Morgan fingerprint density at radius 3 is 2.12 bits per heavy atom. The molecule has 3 aliphatic heterocycles. The van der Waals surface area contributed by atoms with Crippen LogP contribution in [0.25, 0.3) is 0 Å². The van der Waals surface area contributed by atoms with Crippen LogP contribution in [0, 0.1) is 35.5 Å². The van der Waals surface area contributed by atoms with Crippen molar-refractivity contribution in [1.29, 1.82) is 0 Å². The average molecular weight is 1040 g/mol. The lowest BCUT2D eigenvalue weighted by Crippen LogP contribution is -2.61. The Bertz CT molecular complexity index is 1990. The van der Waals surface area contributed by atoms with Crippen molar-refractivity contribution in [3.63, 3.8) is 0 Å². The monoisotopic (exact) mass is 1040 g/mol. The lowest BCUT2D eigenvalue weighted by atomic mass is 9.78. The Morgan fingerprint density at radius 2 is 1.49 bits per heavy atom. The van der Waals surface area contributed by atoms with Gasteiger partial charge in [-0.1, -0.05) is 91.8 Å². The number of carbonyl (C=O) groups is 5. The summed E-state index contributed by atoms with van der Waals surface area (Å²) in [5.74, 6) is -7.26. The molecular weight excluding hydrogens is 947 g/mol. The Balaban J connectivity index is 1.72. The van der Waals surface area contributed by atoms with Gasteiger partial charge in [0.05, 0.1) is 24.4 Å². The van der Waals surface area contributed by atoms with Crippen LogP contribution >= 0.6 is 0 Å². The van der Waals surface area contributed by atoms with Crippen LogP contribution in [0.15, 0.2) is 47.6 Å². The number of aliphatic hydroxyl groups is 1. The van der Waals surface area contributed by atoms with E-state index in [1.807, 2.05) is 58.1 Å². The summed E-state index contributed by atoms with van der Waals surface area (Å²) in [6.07, 6.45) is 14.1. The van der Waals surface area contributed by atoms with Crippen LogP contribution in [-0.2, 0) is 56.8 Å². The highest BCUT2D eigenvalue weighted by molar-refractivity contribution is 6.74. The van der Waals surface area contributed by atoms with Crippen molar-refractivity contribution in [2.24, 2.45) is 35.5 Å². The Kier molecular flexibility index (Phi) is 23.7. The zero-order valence-electron chi connectivity index (χ0n) is 47.5. The van der Waals surface area contributed by atoms with Crippen molar-refractivity contribution in [1.82, 2.24) is 4.90 Å². The summed E-state index contributed by atoms with van der Waals surface area (Å²) < 4.78 is 43.2. The molecule has 1 saturated carbocycles. The van der Waals surface area contributed by atoms with E-state index in [2.05, 4.69) is 40.8 Å². The predicted octanol–water partition coefficient (Wildman–Crippen LogP) is 9.86. The van der Waals surface area contributed by atoms with Crippen LogP contribution in [0.3, 0.4) is 0 Å². The van der Waals surface area contributed by atoms with E-state index in [0.717, 1.165) is 24.8 Å². The smallest absolute Gasteiger partial charge is 0.329 e. The number of hydrogen-bond donors (Lipinski definition) is 1. The minimum absolute atomic E-state index is 0.0365. The molecule has 0 aromatic carbocycles. The van der Waals surface area contributed by atoms with Crippen molar-refractivity contribution >= 4 is 37.5 Å². The first-order valence-corrected chi connectivity index (χ1v) is 30.1. The molecule has 2 saturated heterocycles. The maximum atomic E-state index is 14.7. The molecule has 414 valence electrons. The molecule has 15 heteroatoms. The molecular formula is C58H95NO13Si. The normalized spacial score (nSPS) is 37.8. The third kappa shape index (κ3) is 16.4. The van der Waals surface area contributed by atoms with E-state index in [1.54, 1.807) is 34.1 Å². The van der Waals surface area contributed by atoms with Gasteiger partial charge in [-0.15, -0.1) is 0 Å². The molecule has 1 N–H and O–H groups in total. The van der Waals surface area contributed by atoms with Gasteiger partial charge in [-0.2, -0.15) is 0 Å². The Morgan fingerprint density at radius 1 is 0.808 bits per heavy atom. The largest absolute Gasteiger partial charge is 0.460 e. The number of cyclic esters (lactones) is 1. The van der Waals surface area contributed by atoms with E-state index >= 15 is 0 Å². The van der Waals surface area contributed by atoms with Crippen molar-refractivity contribution in [3.8, 4) is 0 Å². The quantitative estimate of drug-likeness (QED) is 0.100. The van der Waals surface area contributed by atoms with E-state index in [1.165, 1.54) is 19.1 Å². The fourth-order valence-electron chi connectivity index (χ4n) is 11.1. The molecule has 1 aliphatic carbocycles. The lowest BCUT2D eigenvalue weighted by Gasteiger charge is -2.44. The molecule has 3 heterocycles. The first-order valence-electron chi connectivity index (χ1n) is 27.2. The minimum atomic E-state index is -2.42. The fraction of sp³-hybridized carbons (Fsp3) is 0.776. The number of carbonyl (C=O) groups excluding carboxylic acids is 5. The van der Waals surface area contributed by atoms with E-state index in [9.17, 15) is 29.1 Å². The van der Waals surface area contributed by atoms with Crippen molar-refractivity contribution in [2.45, 2.75) is 219 Å². The number of Topliss-reactive ketones (excluding diaryl/α,β-unsaturated/α-hetero) is 3. The van der Waals surface area contributed by atoms with Crippen molar-refractivity contribution in [3.05, 3.63) is 47.6 Å².